The first-order valence-electron chi connectivity index (χ1n) is 7.99. The van der Waals surface area contributed by atoms with Crippen molar-refractivity contribution < 1.29 is 18.0 Å². The van der Waals surface area contributed by atoms with Crippen molar-refractivity contribution in [3.8, 4) is 11.3 Å². The van der Waals surface area contributed by atoms with Gasteiger partial charge >= 0.3 is 6.18 Å². The smallest absolute Gasteiger partial charge is 0.305 e. The summed E-state index contributed by atoms with van der Waals surface area (Å²) in [5.41, 5.74) is 1.47. The molecule has 1 N–H and O–H groups in total. The highest BCUT2D eigenvalue weighted by molar-refractivity contribution is 6.04. The number of alkyl halides is 3. The Labute approximate surface area is 153 Å². The van der Waals surface area contributed by atoms with E-state index >= 15 is 0 Å². The number of rotatable bonds is 3. The first-order chi connectivity index (χ1) is 12.8. The monoisotopic (exact) mass is 372 g/mol. The van der Waals surface area contributed by atoms with Gasteiger partial charge in [0.1, 0.15) is 0 Å². The molecule has 0 aliphatic heterocycles. The number of hydrogen-bond donors (Lipinski definition) is 1. The molecular formula is C19H15F3N4O. The molecule has 0 aliphatic rings. The average Bonchev–Trinajstić information content (AvgIpc) is 2.62. The number of hydrogen-bond acceptors (Lipinski definition) is 4. The van der Waals surface area contributed by atoms with Crippen LogP contribution in [0.2, 0.25) is 0 Å². The van der Waals surface area contributed by atoms with Gasteiger partial charge in [-0.25, -0.2) is 4.98 Å². The van der Waals surface area contributed by atoms with E-state index in [1.165, 1.54) is 18.5 Å². The molecule has 0 radical (unpaired) electrons. The van der Waals surface area contributed by atoms with Crippen LogP contribution in [0.25, 0.3) is 11.3 Å². The zero-order valence-electron chi connectivity index (χ0n) is 14.5. The number of benzene rings is 1. The van der Waals surface area contributed by atoms with Gasteiger partial charge in [-0.3, -0.25) is 14.8 Å². The summed E-state index contributed by atoms with van der Waals surface area (Å²) < 4.78 is 38.8. The third-order valence-corrected chi connectivity index (χ3v) is 3.99. The topological polar surface area (TPSA) is 67.8 Å². The van der Waals surface area contributed by atoms with E-state index in [0.717, 1.165) is 12.1 Å². The van der Waals surface area contributed by atoms with Crippen molar-refractivity contribution in [3.63, 3.8) is 0 Å². The standard InChI is InChI=1S/C19H15F3N4O/c1-11-5-6-13(19(20,21)22)8-15(11)16-9-25-17(10-24-16)26-18(27)14-4-3-7-23-12(14)2/h3-10H,1-2H3,(H,25,26,27). The van der Waals surface area contributed by atoms with Crippen LogP contribution in [-0.2, 0) is 6.18 Å². The van der Waals surface area contributed by atoms with Crippen molar-refractivity contribution in [2.24, 2.45) is 0 Å². The maximum Gasteiger partial charge on any atom is 0.416 e. The maximum absolute atomic E-state index is 12.9. The van der Waals surface area contributed by atoms with Crippen molar-refractivity contribution in [1.82, 2.24) is 15.0 Å². The molecule has 3 aromatic rings. The molecule has 0 atom stereocenters. The summed E-state index contributed by atoms with van der Waals surface area (Å²) in [5, 5.41) is 2.60. The molecule has 1 aromatic carbocycles. The molecule has 0 fully saturated rings. The Morgan fingerprint density at radius 1 is 1.04 bits per heavy atom. The van der Waals surface area contributed by atoms with Crippen molar-refractivity contribution in [1.29, 1.82) is 0 Å². The van der Waals surface area contributed by atoms with Crippen LogP contribution in [0, 0.1) is 13.8 Å². The van der Waals surface area contributed by atoms with E-state index in [-0.39, 0.29) is 11.5 Å². The Morgan fingerprint density at radius 3 is 2.44 bits per heavy atom. The second-order valence-corrected chi connectivity index (χ2v) is 5.90. The zero-order valence-corrected chi connectivity index (χ0v) is 14.5. The van der Waals surface area contributed by atoms with Gasteiger partial charge in [-0.2, -0.15) is 13.2 Å². The maximum atomic E-state index is 12.9. The van der Waals surface area contributed by atoms with E-state index in [9.17, 15) is 18.0 Å². The van der Waals surface area contributed by atoms with Crippen molar-refractivity contribution in [2.75, 3.05) is 5.32 Å². The third kappa shape index (κ3) is 4.11. The molecule has 138 valence electrons. The highest BCUT2D eigenvalue weighted by atomic mass is 19.4. The van der Waals surface area contributed by atoms with Gasteiger partial charge in [0, 0.05) is 17.5 Å². The molecule has 0 saturated carbocycles. The van der Waals surface area contributed by atoms with E-state index < -0.39 is 17.6 Å². The summed E-state index contributed by atoms with van der Waals surface area (Å²) in [4.78, 5) is 24.5. The highest BCUT2D eigenvalue weighted by Gasteiger charge is 2.31. The summed E-state index contributed by atoms with van der Waals surface area (Å²) in [6.07, 6.45) is -0.226. The summed E-state index contributed by atoms with van der Waals surface area (Å²) >= 11 is 0. The van der Waals surface area contributed by atoms with Gasteiger partial charge in [0.25, 0.3) is 5.91 Å². The lowest BCUT2D eigenvalue weighted by Crippen LogP contribution is -2.15. The van der Waals surface area contributed by atoms with Crippen molar-refractivity contribution >= 4 is 11.7 Å². The second kappa shape index (κ2) is 7.14. The van der Waals surface area contributed by atoms with Gasteiger partial charge in [-0.1, -0.05) is 6.07 Å². The summed E-state index contributed by atoms with van der Waals surface area (Å²) in [6, 6.07) is 6.73. The van der Waals surface area contributed by atoms with Gasteiger partial charge in [0.15, 0.2) is 5.82 Å². The number of aromatic nitrogens is 3. The number of halogens is 3. The lowest BCUT2D eigenvalue weighted by molar-refractivity contribution is -0.137. The predicted octanol–water partition coefficient (Wildman–Crippen LogP) is 4.43. The Morgan fingerprint density at radius 2 is 1.81 bits per heavy atom. The fourth-order valence-corrected chi connectivity index (χ4v) is 2.51. The molecule has 0 saturated heterocycles. The Kier molecular flexibility index (Phi) is 4.89. The lowest BCUT2D eigenvalue weighted by Gasteiger charge is -2.11. The summed E-state index contributed by atoms with van der Waals surface area (Å²) in [7, 11) is 0. The van der Waals surface area contributed by atoms with Crippen LogP contribution in [0.1, 0.15) is 27.2 Å². The van der Waals surface area contributed by atoms with Gasteiger partial charge in [-0.15, -0.1) is 0 Å². The second-order valence-electron chi connectivity index (χ2n) is 5.90. The van der Waals surface area contributed by atoms with Crippen LogP contribution in [0.5, 0.6) is 0 Å². The number of aryl methyl sites for hydroxylation is 2. The third-order valence-electron chi connectivity index (χ3n) is 3.99. The number of carbonyl (C=O) groups is 1. The van der Waals surface area contributed by atoms with Crippen LogP contribution in [0.15, 0.2) is 48.9 Å². The molecular weight excluding hydrogens is 357 g/mol. The van der Waals surface area contributed by atoms with Gasteiger partial charge in [0.05, 0.1) is 29.2 Å². The molecule has 27 heavy (non-hydrogen) atoms. The van der Waals surface area contributed by atoms with Gasteiger partial charge in [-0.05, 0) is 43.7 Å². The Hall–Kier alpha value is -3.29. The molecule has 3 rings (SSSR count). The van der Waals surface area contributed by atoms with Crippen LogP contribution < -0.4 is 5.32 Å². The molecule has 0 unspecified atom stereocenters. The number of nitrogens with zero attached hydrogens (tertiary/aromatic N) is 3. The number of amides is 1. The minimum atomic E-state index is -4.44. The van der Waals surface area contributed by atoms with Gasteiger partial charge < -0.3 is 5.32 Å². The molecule has 0 spiro atoms. The number of carbonyl (C=O) groups excluding carboxylic acids is 1. The zero-order chi connectivity index (χ0) is 19.6. The minimum absolute atomic E-state index is 0.191. The number of nitrogens with one attached hydrogen (secondary N) is 1. The first-order valence-corrected chi connectivity index (χ1v) is 7.99. The van der Waals surface area contributed by atoms with E-state index in [4.69, 9.17) is 0 Å². The summed E-state index contributed by atoms with van der Waals surface area (Å²) in [6.45, 7) is 3.40. The Bertz CT molecular complexity index is 985. The van der Waals surface area contributed by atoms with Crippen LogP contribution in [0.4, 0.5) is 19.0 Å². The fraction of sp³-hybridized carbons (Fsp3) is 0.158. The average molecular weight is 372 g/mol. The normalized spacial score (nSPS) is 11.3. The number of anilines is 1. The van der Waals surface area contributed by atoms with Gasteiger partial charge in [0.2, 0.25) is 0 Å². The van der Waals surface area contributed by atoms with E-state index in [1.54, 1.807) is 32.2 Å². The largest absolute Gasteiger partial charge is 0.416 e. The van der Waals surface area contributed by atoms with Crippen LogP contribution in [-0.4, -0.2) is 20.9 Å². The molecule has 2 aromatic heterocycles. The summed E-state index contributed by atoms with van der Waals surface area (Å²) in [5.74, 6) is -0.200. The van der Waals surface area contributed by atoms with Crippen molar-refractivity contribution in [2.45, 2.75) is 20.0 Å². The van der Waals surface area contributed by atoms with Crippen LogP contribution in [0.3, 0.4) is 0 Å². The minimum Gasteiger partial charge on any atom is -0.305 e. The molecule has 2 heterocycles. The molecule has 5 nitrogen and oxygen atoms in total. The highest BCUT2D eigenvalue weighted by Crippen LogP contribution is 2.33. The molecule has 8 heteroatoms. The van der Waals surface area contributed by atoms with E-state index in [2.05, 4.69) is 20.3 Å². The molecule has 1 amide bonds. The molecule has 0 bridgehead atoms. The predicted molar refractivity (Wildman–Crippen MR) is 94.1 cm³/mol. The molecule has 0 aliphatic carbocycles. The Balaban J connectivity index is 1.84. The van der Waals surface area contributed by atoms with Crippen LogP contribution >= 0.6 is 0 Å². The fourth-order valence-electron chi connectivity index (χ4n) is 2.51. The SMILES string of the molecule is Cc1ccc(C(F)(F)F)cc1-c1cnc(NC(=O)c2cccnc2C)cn1. The quantitative estimate of drug-likeness (QED) is 0.739. The number of pyridine rings is 1. The van der Waals surface area contributed by atoms with Crippen molar-refractivity contribution in [3.05, 3.63) is 71.3 Å². The van der Waals surface area contributed by atoms with E-state index in [0.29, 0.717) is 22.4 Å². The first kappa shape index (κ1) is 18.5. The lowest BCUT2D eigenvalue weighted by atomic mass is 10.0. The van der Waals surface area contributed by atoms with E-state index in [1.807, 2.05) is 0 Å².